The lowest BCUT2D eigenvalue weighted by atomic mass is 10.0. The van der Waals surface area contributed by atoms with Gasteiger partial charge in [-0.1, -0.05) is 16.8 Å². The van der Waals surface area contributed by atoms with Crippen LogP contribution in [0, 0.1) is 0 Å². The third-order valence-electron chi connectivity index (χ3n) is 3.88. The molecule has 2 N–H and O–H groups in total. The number of nitrogens with two attached hydrogens (primary N) is 1. The minimum absolute atomic E-state index is 0.400. The summed E-state index contributed by atoms with van der Waals surface area (Å²) in [6, 6.07) is 5.20. The molecule has 0 aliphatic heterocycles. The van der Waals surface area contributed by atoms with Gasteiger partial charge in [0, 0.05) is 17.8 Å². The van der Waals surface area contributed by atoms with Crippen molar-refractivity contribution in [2.24, 2.45) is 0 Å². The molecule has 2 aromatic rings. The van der Waals surface area contributed by atoms with Crippen LogP contribution in [0.1, 0.15) is 31.5 Å². The highest BCUT2D eigenvalue weighted by atomic mass is 35.5. The zero-order valence-corrected chi connectivity index (χ0v) is 12.0. The molecule has 1 fully saturated rings. The monoisotopic (exact) mass is 293 g/mol. The fraction of sp³-hybridized carbons (Fsp3) is 0.429. The summed E-state index contributed by atoms with van der Waals surface area (Å²) < 4.78 is 11.0. The van der Waals surface area contributed by atoms with Crippen molar-refractivity contribution >= 4 is 17.3 Å². The van der Waals surface area contributed by atoms with Gasteiger partial charge in [0.05, 0.1) is 5.56 Å². The molecular weight excluding hydrogens is 278 g/mol. The van der Waals surface area contributed by atoms with Crippen molar-refractivity contribution in [3.05, 3.63) is 29.0 Å². The van der Waals surface area contributed by atoms with E-state index in [-0.39, 0.29) is 0 Å². The summed E-state index contributed by atoms with van der Waals surface area (Å²) >= 11 is 5.89. The van der Waals surface area contributed by atoms with E-state index in [0.717, 1.165) is 25.7 Å². The SMILES string of the molecule is COC1(c2noc(-c3ccc(Cl)cc3N)n2)CCCC1. The van der Waals surface area contributed by atoms with Crippen LogP contribution in [0.4, 0.5) is 5.69 Å². The van der Waals surface area contributed by atoms with E-state index >= 15 is 0 Å². The van der Waals surface area contributed by atoms with Crippen molar-refractivity contribution in [2.45, 2.75) is 31.3 Å². The van der Waals surface area contributed by atoms with Gasteiger partial charge in [-0.2, -0.15) is 4.98 Å². The van der Waals surface area contributed by atoms with Gasteiger partial charge in [-0.25, -0.2) is 0 Å². The van der Waals surface area contributed by atoms with Crippen LogP contribution in [0.25, 0.3) is 11.5 Å². The molecule has 1 aromatic heterocycles. The van der Waals surface area contributed by atoms with Crippen LogP contribution < -0.4 is 5.73 Å². The Bertz CT molecular complexity index is 621. The lowest BCUT2D eigenvalue weighted by molar-refractivity contribution is -0.0178. The molecule has 106 valence electrons. The van der Waals surface area contributed by atoms with Crippen molar-refractivity contribution in [3.8, 4) is 11.5 Å². The lowest BCUT2D eigenvalue weighted by Gasteiger charge is -2.22. The van der Waals surface area contributed by atoms with E-state index in [1.807, 2.05) is 0 Å². The molecular formula is C14H16ClN3O2. The molecule has 1 heterocycles. The van der Waals surface area contributed by atoms with Crippen LogP contribution in [0.2, 0.25) is 5.02 Å². The van der Waals surface area contributed by atoms with Gasteiger partial charge < -0.3 is 15.0 Å². The quantitative estimate of drug-likeness (QED) is 0.878. The number of nitrogens with zero attached hydrogens (tertiary/aromatic N) is 2. The average molecular weight is 294 g/mol. The van der Waals surface area contributed by atoms with E-state index in [2.05, 4.69) is 10.1 Å². The minimum atomic E-state index is -0.414. The summed E-state index contributed by atoms with van der Waals surface area (Å²) in [6.07, 6.45) is 4.05. The largest absolute Gasteiger partial charge is 0.398 e. The first-order chi connectivity index (χ1) is 9.64. The molecule has 0 unspecified atom stereocenters. The van der Waals surface area contributed by atoms with Gasteiger partial charge in [0.25, 0.3) is 5.89 Å². The van der Waals surface area contributed by atoms with E-state index in [1.54, 1.807) is 25.3 Å². The second-order valence-corrected chi connectivity index (χ2v) is 5.50. The maximum atomic E-state index is 5.94. The summed E-state index contributed by atoms with van der Waals surface area (Å²) in [6.45, 7) is 0. The number of rotatable bonds is 3. The summed E-state index contributed by atoms with van der Waals surface area (Å²) in [7, 11) is 1.69. The number of hydrogen-bond acceptors (Lipinski definition) is 5. The van der Waals surface area contributed by atoms with Gasteiger partial charge in [0.1, 0.15) is 5.60 Å². The molecule has 3 rings (SSSR count). The van der Waals surface area contributed by atoms with Gasteiger partial charge in [-0.15, -0.1) is 0 Å². The Morgan fingerprint density at radius 3 is 2.75 bits per heavy atom. The highest BCUT2D eigenvalue weighted by molar-refractivity contribution is 6.31. The van der Waals surface area contributed by atoms with Gasteiger partial charge in [-0.05, 0) is 43.9 Å². The molecule has 0 saturated heterocycles. The minimum Gasteiger partial charge on any atom is -0.398 e. The van der Waals surface area contributed by atoms with E-state index in [4.69, 9.17) is 26.6 Å². The van der Waals surface area contributed by atoms with Crippen LogP contribution in [-0.2, 0) is 10.3 Å². The molecule has 1 aromatic carbocycles. The van der Waals surface area contributed by atoms with Crippen LogP contribution in [0.3, 0.4) is 0 Å². The Balaban J connectivity index is 1.97. The predicted octanol–water partition coefficient (Wildman–Crippen LogP) is 3.39. The molecule has 0 bridgehead atoms. The number of methoxy groups -OCH3 is 1. The van der Waals surface area contributed by atoms with E-state index < -0.39 is 5.60 Å². The fourth-order valence-corrected chi connectivity index (χ4v) is 2.89. The van der Waals surface area contributed by atoms with E-state index in [0.29, 0.717) is 28.0 Å². The molecule has 0 atom stereocenters. The Morgan fingerprint density at radius 1 is 1.35 bits per heavy atom. The van der Waals surface area contributed by atoms with Gasteiger partial charge >= 0.3 is 0 Å². The molecule has 5 nitrogen and oxygen atoms in total. The molecule has 0 radical (unpaired) electrons. The van der Waals surface area contributed by atoms with Crippen LogP contribution in [0.15, 0.2) is 22.7 Å². The summed E-state index contributed by atoms with van der Waals surface area (Å²) in [5, 5.41) is 4.66. The number of halogens is 1. The van der Waals surface area contributed by atoms with Crippen molar-refractivity contribution < 1.29 is 9.26 Å². The second kappa shape index (κ2) is 5.07. The Morgan fingerprint density at radius 2 is 2.10 bits per heavy atom. The van der Waals surface area contributed by atoms with Crippen LogP contribution in [0.5, 0.6) is 0 Å². The molecule has 0 spiro atoms. The maximum absolute atomic E-state index is 5.94. The Labute approximate surface area is 122 Å². The third-order valence-corrected chi connectivity index (χ3v) is 4.11. The third kappa shape index (κ3) is 2.17. The molecule has 1 saturated carbocycles. The van der Waals surface area contributed by atoms with Crippen LogP contribution in [-0.4, -0.2) is 17.3 Å². The zero-order valence-electron chi connectivity index (χ0n) is 11.2. The standard InChI is InChI=1S/C14H16ClN3O2/c1-19-14(6-2-3-7-14)13-17-12(20-18-13)10-5-4-9(15)8-11(10)16/h4-5,8H,2-3,6-7,16H2,1H3. The highest BCUT2D eigenvalue weighted by Crippen LogP contribution is 2.41. The lowest BCUT2D eigenvalue weighted by Crippen LogP contribution is -2.25. The van der Waals surface area contributed by atoms with Crippen molar-refractivity contribution in [1.82, 2.24) is 10.1 Å². The van der Waals surface area contributed by atoms with Gasteiger partial charge in [0.15, 0.2) is 0 Å². The smallest absolute Gasteiger partial charge is 0.260 e. The fourth-order valence-electron chi connectivity index (χ4n) is 2.71. The molecule has 1 aliphatic rings. The molecule has 6 heteroatoms. The second-order valence-electron chi connectivity index (χ2n) is 5.06. The number of nitrogen functional groups attached to an aromatic ring is 1. The van der Waals surface area contributed by atoms with Crippen molar-refractivity contribution in [3.63, 3.8) is 0 Å². The average Bonchev–Trinajstić information content (AvgIpc) is 3.08. The first-order valence-electron chi connectivity index (χ1n) is 6.59. The topological polar surface area (TPSA) is 74.2 Å². The first-order valence-corrected chi connectivity index (χ1v) is 6.97. The van der Waals surface area contributed by atoms with E-state index in [1.165, 1.54) is 0 Å². The Hall–Kier alpha value is -1.59. The predicted molar refractivity (Wildman–Crippen MR) is 76.3 cm³/mol. The number of aromatic nitrogens is 2. The maximum Gasteiger partial charge on any atom is 0.260 e. The number of ether oxygens (including phenoxy) is 1. The van der Waals surface area contributed by atoms with Crippen molar-refractivity contribution in [1.29, 1.82) is 0 Å². The Kier molecular flexibility index (Phi) is 3.40. The zero-order chi connectivity index (χ0) is 14.2. The first kappa shape index (κ1) is 13.4. The molecule has 0 amide bonds. The summed E-state index contributed by atoms with van der Waals surface area (Å²) in [5.41, 5.74) is 6.74. The number of benzene rings is 1. The van der Waals surface area contributed by atoms with Gasteiger partial charge in [-0.3, -0.25) is 0 Å². The molecule has 20 heavy (non-hydrogen) atoms. The summed E-state index contributed by atoms with van der Waals surface area (Å²) in [5.74, 6) is 0.999. The molecule has 1 aliphatic carbocycles. The number of anilines is 1. The van der Waals surface area contributed by atoms with Crippen molar-refractivity contribution in [2.75, 3.05) is 12.8 Å². The normalized spacial score (nSPS) is 17.5. The van der Waals surface area contributed by atoms with E-state index in [9.17, 15) is 0 Å². The highest BCUT2D eigenvalue weighted by Gasteiger charge is 2.40. The number of hydrogen-bond donors (Lipinski definition) is 1. The summed E-state index contributed by atoms with van der Waals surface area (Å²) in [4.78, 5) is 4.47. The van der Waals surface area contributed by atoms with Gasteiger partial charge in [0.2, 0.25) is 5.82 Å². The van der Waals surface area contributed by atoms with Crippen LogP contribution >= 0.6 is 11.6 Å².